The van der Waals surface area contributed by atoms with E-state index < -0.39 is 0 Å². The van der Waals surface area contributed by atoms with Crippen LogP contribution in [0.25, 0.3) is 11.0 Å². The number of hydrogen-bond acceptors (Lipinski definition) is 6. The number of anilines is 1. The SMILES string of the molecule is CCn1nc(C)c2c1cnn2CC(=O)Nc1nnc(C)s1. The third-order valence-corrected chi connectivity index (χ3v) is 3.83. The van der Waals surface area contributed by atoms with E-state index in [1.54, 1.807) is 10.9 Å². The Hall–Kier alpha value is -2.29. The van der Waals surface area contributed by atoms with Crippen molar-refractivity contribution in [2.45, 2.75) is 33.9 Å². The number of amides is 1. The number of nitrogens with zero attached hydrogens (tertiary/aromatic N) is 6. The predicted molar refractivity (Wildman–Crippen MR) is 79.2 cm³/mol. The Morgan fingerprint density at radius 3 is 2.81 bits per heavy atom. The first-order valence-electron chi connectivity index (χ1n) is 6.57. The first kappa shape index (κ1) is 13.7. The number of carbonyl (C=O) groups is 1. The van der Waals surface area contributed by atoms with Crippen LogP contribution >= 0.6 is 11.3 Å². The molecule has 1 N–H and O–H groups in total. The van der Waals surface area contributed by atoms with Crippen LogP contribution in [0.5, 0.6) is 0 Å². The van der Waals surface area contributed by atoms with Crippen molar-refractivity contribution in [3.63, 3.8) is 0 Å². The van der Waals surface area contributed by atoms with E-state index in [4.69, 9.17) is 0 Å². The lowest BCUT2D eigenvalue weighted by atomic mass is 10.4. The Kier molecular flexibility index (Phi) is 3.42. The van der Waals surface area contributed by atoms with Gasteiger partial charge in [-0.25, -0.2) is 0 Å². The van der Waals surface area contributed by atoms with Gasteiger partial charge in [-0.1, -0.05) is 11.3 Å². The van der Waals surface area contributed by atoms with Crippen LogP contribution in [0.2, 0.25) is 0 Å². The molecule has 3 heterocycles. The summed E-state index contributed by atoms with van der Waals surface area (Å²) < 4.78 is 3.53. The van der Waals surface area contributed by atoms with E-state index in [2.05, 4.69) is 25.7 Å². The molecule has 0 spiro atoms. The molecule has 0 aliphatic heterocycles. The standard InChI is InChI=1S/C12H15N7OS/c1-4-18-9-5-13-19(11(9)7(2)17-18)6-10(20)14-12-16-15-8(3)21-12/h5H,4,6H2,1-3H3,(H,14,16,20). The number of fused-ring (bicyclic) bond motifs is 1. The molecule has 3 aromatic rings. The summed E-state index contributed by atoms with van der Waals surface area (Å²) in [4.78, 5) is 12.1. The van der Waals surface area contributed by atoms with Crippen LogP contribution in [0.15, 0.2) is 6.20 Å². The molecule has 21 heavy (non-hydrogen) atoms. The molecule has 1 amide bonds. The second-order valence-corrected chi connectivity index (χ2v) is 5.79. The highest BCUT2D eigenvalue weighted by molar-refractivity contribution is 7.15. The van der Waals surface area contributed by atoms with Gasteiger partial charge in [0.2, 0.25) is 11.0 Å². The largest absolute Gasteiger partial charge is 0.299 e. The molecule has 0 aliphatic carbocycles. The zero-order chi connectivity index (χ0) is 15.0. The van der Waals surface area contributed by atoms with Gasteiger partial charge in [-0.15, -0.1) is 10.2 Å². The molecule has 9 heteroatoms. The van der Waals surface area contributed by atoms with Crippen molar-refractivity contribution in [1.82, 2.24) is 29.8 Å². The smallest absolute Gasteiger partial charge is 0.247 e. The first-order valence-corrected chi connectivity index (χ1v) is 7.39. The van der Waals surface area contributed by atoms with Gasteiger partial charge in [0.1, 0.15) is 22.6 Å². The summed E-state index contributed by atoms with van der Waals surface area (Å²) in [5.74, 6) is -0.181. The highest BCUT2D eigenvalue weighted by Crippen LogP contribution is 2.18. The van der Waals surface area contributed by atoms with Gasteiger partial charge in [-0.05, 0) is 20.8 Å². The molecule has 8 nitrogen and oxygen atoms in total. The fourth-order valence-corrected chi connectivity index (χ4v) is 2.83. The second kappa shape index (κ2) is 5.24. The highest BCUT2D eigenvalue weighted by atomic mass is 32.1. The Morgan fingerprint density at radius 1 is 1.33 bits per heavy atom. The minimum atomic E-state index is -0.181. The van der Waals surface area contributed by atoms with E-state index in [0.717, 1.165) is 28.3 Å². The maximum Gasteiger partial charge on any atom is 0.247 e. The summed E-state index contributed by atoms with van der Waals surface area (Å²) in [6, 6.07) is 0. The summed E-state index contributed by atoms with van der Waals surface area (Å²) in [7, 11) is 0. The molecular weight excluding hydrogens is 290 g/mol. The Labute approximate surface area is 124 Å². The monoisotopic (exact) mass is 305 g/mol. The van der Waals surface area contributed by atoms with Gasteiger partial charge in [-0.2, -0.15) is 10.2 Å². The molecule has 110 valence electrons. The van der Waals surface area contributed by atoms with E-state index in [9.17, 15) is 4.79 Å². The fourth-order valence-electron chi connectivity index (χ4n) is 2.22. The van der Waals surface area contributed by atoms with Crippen LogP contribution in [0, 0.1) is 13.8 Å². The number of aromatic nitrogens is 6. The fraction of sp³-hybridized carbons (Fsp3) is 0.417. The summed E-state index contributed by atoms with van der Waals surface area (Å²) >= 11 is 1.34. The summed E-state index contributed by atoms with van der Waals surface area (Å²) in [5, 5.41) is 20.5. The van der Waals surface area contributed by atoms with Crippen LogP contribution in [0.3, 0.4) is 0 Å². The minimum absolute atomic E-state index is 0.123. The Morgan fingerprint density at radius 2 is 2.14 bits per heavy atom. The predicted octanol–water partition coefficient (Wildman–Crippen LogP) is 1.36. The van der Waals surface area contributed by atoms with Crippen LogP contribution in [0.4, 0.5) is 5.13 Å². The van der Waals surface area contributed by atoms with Gasteiger partial charge in [0.05, 0.1) is 11.9 Å². The van der Waals surface area contributed by atoms with Crippen molar-refractivity contribution in [3.8, 4) is 0 Å². The maximum atomic E-state index is 12.1. The third-order valence-electron chi connectivity index (χ3n) is 3.08. The van der Waals surface area contributed by atoms with Crippen LogP contribution in [-0.4, -0.2) is 35.7 Å². The quantitative estimate of drug-likeness (QED) is 0.786. The van der Waals surface area contributed by atoms with Crippen molar-refractivity contribution >= 4 is 33.4 Å². The third kappa shape index (κ3) is 2.51. The summed E-state index contributed by atoms with van der Waals surface area (Å²) in [5.41, 5.74) is 2.69. The molecule has 0 aromatic carbocycles. The van der Waals surface area contributed by atoms with Gasteiger partial charge in [0, 0.05) is 6.54 Å². The molecule has 0 aliphatic rings. The number of aryl methyl sites for hydroxylation is 3. The molecular formula is C12H15N7OS. The van der Waals surface area contributed by atoms with Gasteiger partial charge in [0.15, 0.2) is 0 Å². The highest BCUT2D eigenvalue weighted by Gasteiger charge is 2.15. The molecule has 3 aromatic heterocycles. The zero-order valence-electron chi connectivity index (χ0n) is 12.0. The van der Waals surface area contributed by atoms with Gasteiger partial charge in [-0.3, -0.25) is 19.5 Å². The van der Waals surface area contributed by atoms with Crippen molar-refractivity contribution < 1.29 is 4.79 Å². The van der Waals surface area contributed by atoms with Crippen molar-refractivity contribution in [1.29, 1.82) is 0 Å². The average Bonchev–Trinajstić information content (AvgIpc) is 3.09. The summed E-state index contributed by atoms with van der Waals surface area (Å²) in [6.45, 7) is 6.67. The topological polar surface area (TPSA) is 90.5 Å². The number of carbonyl (C=O) groups excluding carboxylic acids is 1. The maximum absolute atomic E-state index is 12.1. The molecule has 0 fully saturated rings. The molecule has 0 bridgehead atoms. The lowest BCUT2D eigenvalue weighted by molar-refractivity contribution is -0.116. The number of hydrogen-bond donors (Lipinski definition) is 1. The van der Waals surface area contributed by atoms with Crippen molar-refractivity contribution in [3.05, 3.63) is 16.9 Å². The van der Waals surface area contributed by atoms with E-state index in [0.29, 0.717) is 5.13 Å². The second-order valence-electron chi connectivity index (χ2n) is 4.61. The molecule has 0 unspecified atom stereocenters. The molecule has 0 radical (unpaired) electrons. The molecule has 0 saturated carbocycles. The lowest BCUT2D eigenvalue weighted by Crippen LogP contribution is -2.19. The molecule has 0 atom stereocenters. The van der Waals surface area contributed by atoms with Crippen molar-refractivity contribution in [2.75, 3.05) is 5.32 Å². The first-order chi connectivity index (χ1) is 10.1. The Bertz CT molecular complexity index is 800. The lowest BCUT2D eigenvalue weighted by Gasteiger charge is -2.02. The van der Waals surface area contributed by atoms with Crippen LogP contribution < -0.4 is 5.32 Å². The van der Waals surface area contributed by atoms with Crippen LogP contribution in [-0.2, 0) is 17.9 Å². The zero-order valence-corrected chi connectivity index (χ0v) is 12.8. The molecule has 3 rings (SSSR count). The summed E-state index contributed by atoms with van der Waals surface area (Å²) in [6.07, 6.45) is 1.74. The van der Waals surface area contributed by atoms with Crippen molar-refractivity contribution in [2.24, 2.45) is 0 Å². The minimum Gasteiger partial charge on any atom is -0.299 e. The van der Waals surface area contributed by atoms with Gasteiger partial charge >= 0.3 is 0 Å². The van der Waals surface area contributed by atoms with Gasteiger partial charge in [0.25, 0.3) is 0 Å². The van der Waals surface area contributed by atoms with E-state index in [-0.39, 0.29) is 12.5 Å². The normalized spacial score (nSPS) is 11.2. The Balaban J connectivity index is 1.81. The number of rotatable bonds is 4. The van der Waals surface area contributed by atoms with Crippen LogP contribution in [0.1, 0.15) is 17.6 Å². The number of nitrogens with one attached hydrogen (secondary N) is 1. The van der Waals surface area contributed by atoms with E-state index in [1.807, 2.05) is 25.5 Å². The molecule has 0 saturated heterocycles. The van der Waals surface area contributed by atoms with E-state index in [1.165, 1.54) is 11.3 Å². The average molecular weight is 305 g/mol. The van der Waals surface area contributed by atoms with E-state index >= 15 is 0 Å². The van der Waals surface area contributed by atoms with Gasteiger partial charge < -0.3 is 0 Å².